The first-order valence-corrected chi connectivity index (χ1v) is 9.46. The average molecular weight is 414 g/mol. The van der Waals surface area contributed by atoms with E-state index in [0.29, 0.717) is 6.92 Å². The summed E-state index contributed by atoms with van der Waals surface area (Å²) in [5.41, 5.74) is -0.147. The van der Waals surface area contributed by atoms with Gasteiger partial charge < -0.3 is 9.88 Å². The summed E-state index contributed by atoms with van der Waals surface area (Å²) in [5.74, 6) is -4.45. The van der Waals surface area contributed by atoms with Crippen LogP contribution in [-0.2, 0) is 17.1 Å². The molecule has 0 atom stereocenters. The van der Waals surface area contributed by atoms with Crippen LogP contribution in [0.1, 0.15) is 29.4 Å². The highest BCUT2D eigenvalue weighted by molar-refractivity contribution is 7.89. The molecule has 0 saturated heterocycles. The number of nitrogens with one attached hydrogen (secondary N) is 2. The number of halogens is 3. The SMILES string of the molecule is Cn1cc(S(=O)(=O)NCCC(C)(F)F)cc1C(=O)Nc1ccc(F)c(C#N)c1. The topological polar surface area (TPSA) is 104 Å². The van der Waals surface area contributed by atoms with Crippen molar-refractivity contribution in [3.8, 4) is 6.07 Å². The number of hydrogen-bond acceptors (Lipinski definition) is 4. The number of carbonyl (C=O) groups excluding carboxylic acids is 1. The minimum absolute atomic E-state index is 0.0379. The molecule has 1 heterocycles. The summed E-state index contributed by atoms with van der Waals surface area (Å²) < 4.78 is 66.7. The van der Waals surface area contributed by atoms with Crippen molar-refractivity contribution in [2.75, 3.05) is 11.9 Å². The van der Waals surface area contributed by atoms with Crippen LogP contribution < -0.4 is 10.0 Å². The molecule has 2 rings (SSSR count). The molecular formula is C17H17F3N4O3S. The number of aryl methyl sites for hydroxylation is 1. The standard InChI is InChI=1S/C17H17F3N4O3S/c1-17(19,20)5-6-22-28(26,27)13-8-15(24(2)10-13)16(25)23-12-3-4-14(18)11(7-12)9-21/h3-4,7-8,10,22H,5-6H2,1-2H3,(H,23,25). The van der Waals surface area contributed by atoms with Gasteiger partial charge in [0, 0.05) is 31.9 Å². The number of anilines is 1. The number of carbonyl (C=O) groups is 1. The molecule has 0 radical (unpaired) electrons. The van der Waals surface area contributed by atoms with Crippen LogP contribution in [0.5, 0.6) is 0 Å². The quantitative estimate of drug-likeness (QED) is 0.727. The minimum Gasteiger partial charge on any atom is -0.345 e. The molecule has 0 unspecified atom stereocenters. The average Bonchev–Trinajstić information content (AvgIpc) is 2.98. The van der Waals surface area contributed by atoms with E-state index in [2.05, 4.69) is 10.0 Å². The number of rotatable bonds is 7. The van der Waals surface area contributed by atoms with Gasteiger partial charge in [0.1, 0.15) is 22.5 Å². The highest BCUT2D eigenvalue weighted by Crippen LogP contribution is 2.19. The lowest BCUT2D eigenvalue weighted by Gasteiger charge is -2.10. The maximum Gasteiger partial charge on any atom is 0.272 e. The molecular weight excluding hydrogens is 397 g/mol. The zero-order chi connectivity index (χ0) is 21.1. The van der Waals surface area contributed by atoms with E-state index in [4.69, 9.17) is 5.26 Å². The van der Waals surface area contributed by atoms with Gasteiger partial charge in [-0.1, -0.05) is 0 Å². The van der Waals surface area contributed by atoms with Crippen LogP contribution in [0, 0.1) is 17.1 Å². The molecule has 11 heteroatoms. The van der Waals surface area contributed by atoms with Crippen molar-refractivity contribution in [3.05, 3.63) is 47.5 Å². The third-order valence-corrected chi connectivity index (χ3v) is 5.15. The predicted molar refractivity (Wildman–Crippen MR) is 94.9 cm³/mol. The summed E-state index contributed by atoms with van der Waals surface area (Å²) >= 11 is 0. The van der Waals surface area contributed by atoms with E-state index in [1.807, 2.05) is 0 Å². The molecule has 0 saturated carbocycles. The van der Waals surface area contributed by atoms with E-state index in [9.17, 15) is 26.4 Å². The van der Waals surface area contributed by atoms with Crippen LogP contribution in [0.3, 0.4) is 0 Å². The summed E-state index contributed by atoms with van der Waals surface area (Å²) in [6.45, 7) is 0.216. The van der Waals surface area contributed by atoms with Crippen molar-refractivity contribution in [1.82, 2.24) is 9.29 Å². The molecule has 0 aliphatic carbocycles. The van der Waals surface area contributed by atoms with Crippen molar-refractivity contribution < 1.29 is 26.4 Å². The largest absolute Gasteiger partial charge is 0.345 e. The molecule has 7 nitrogen and oxygen atoms in total. The van der Waals surface area contributed by atoms with Gasteiger partial charge in [-0.2, -0.15) is 5.26 Å². The van der Waals surface area contributed by atoms with Gasteiger partial charge >= 0.3 is 0 Å². The van der Waals surface area contributed by atoms with Gasteiger partial charge in [0.25, 0.3) is 5.91 Å². The normalized spacial score (nSPS) is 11.9. The Morgan fingerprint density at radius 3 is 2.61 bits per heavy atom. The van der Waals surface area contributed by atoms with Gasteiger partial charge in [-0.3, -0.25) is 4.79 Å². The molecule has 0 aliphatic heterocycles. The Hall–Kier alpha value is -2.84. The van der Waals surface area contributed by atoms with Crippen LogP contribution >= 0.6 is 0 Å². The van der Waals surface area contributed by atoms with Crippen LogP contribution in [0.2, 0.25) is 0 Å². The van der Waals surface area contributed by atoms with Crippen LogP contribution in [0.4, 0.5) is 18.9 Å². The van der Waals surface area contributed by atoms with Crippen molar-refractivity contribution in [3.63, 3.8) is 0 Å². The molecule has 28 heavy (non-hydrogen) atoms. The van der Waals surface area contributed by atoms with Crippen LogP contribution in [-0.4, -0.2) is 31.4 Å². The van der Waals surface area contributed by atoms with Crippen molar-refractivity contribution >= 4 is 21.6 Å². The van der Waals surface area contributed by atoms with Gasteiger partial charge in [-0.25, -0.2) is 26.3 Å². The van der Waals surface area contributed by atoms with Crippen molar-refractivity contribution in [2.45, 2.75) is 24.2 Å². The van der Waals surface area contributed by atoms with Crippen LogP contribution in [0.15, 0.2) is 35.4 Å². The van der Waals surface area contributed by atoms with Crippen molar-refractivity contribution in [1.29, 1.82) is 5.26 Å². The Balaban J connectivity index is 2.17. The first-order chi connectivity index (χ1) is 12.9. The molecule has 0 spiro atoms. The number of alkyl halides is 2. The number of nitriles is 1. The Morgan fingerprint density at radius 2 is 2.00 bits per heavy atom. The lowest BCUT2D eigenvalue weighted by Crippen LogP contribution is -2.28. The molecule has 150 valence electrons. The molecule has 0 bridgehead atoms. The molecule has 2 aromatic rings. The van der Waals surface area contributed by atoms with Gasteiger partial charge in [0.15, 0.2) is 0 Å². The van der Waals surface area contributed by atoms with E-state index >= 15 is 0 Å². The first-order valence-electron chi connectivity index (χ1n) is 7.98. The van der Waals surface area contributed by atoms with Crippen LogP contribution in [0.25, 0.3) is 0 Å². The number of amides is 1. The van der Waals surface area contributed by atoms with E-state index in [1.165, 1.54) is 17.7 Å². The Kier molecular flexibility index (Phi) is 6.16. The predicted octanol–water partition coefficient (Wildman–Crippen LogP) is 2.61. The summed E-state index contributed by atoms with van der Waals surface area (Å²) in [5, 5.41) is 11.3. The first kappa shape index (κ1) is 21.5. The van der Waals surface area contributed by atoms with E-state index < -0.39 is 40.6 Å². The molecule has 1 aromatic carbocycles. The molecule has 0 fully saturated rings. The number of sulfonamides is 1. The monoisotopic (exact) mass is 414 g/mol. The lowest BCUT2D eigenvalue weighted by molar-refractivity contribution is 0.0148. The maximum atomic E-state index is 13.3. The van der Waals surface area contributed by atoms with Gasteiger partial charge in [-0.05, 0) is 31.2 Å². The Labute approximate surface area is 159 Å². The highest BCUT2D eigenvalue weighted by atomic mass is 32.2. The summed E-state index contributed by atoms with van der Waals surface area (Å²) in [6, 6.07) is 6.13. The second-order valence-corrected chi connectivity index (χ2v) is 7.92. The summed E-state index contributed by atoms with van der Waals surface area (Å²) in [7, 11) is -2.65. The van der Waals surface area contributed by atoms with Gasteiger partial charge in [0.2, 0.25) is 15.9 Å². The second-order valence-electron chi connectivity index (χ2n) is 6.15. The molecule has 2 N–H and O–H groups in total. The number of nitrogens with zero attached hydrogens (tertiary/aromatic N) is 2. The number of benzene rings is 1. The van der Waals surface area contributed by atoms with E-state index in [0.717, 1.165) is 24.4 Å². The zero-order valence-electron chi connectivity index (χ0n) is 15.0. The molecule has 1 amide bonds. The minimum atomic E-state index is -4.08. The summed E-state index contributed by atoms with van der Waals surface area (Å²) in [6.07, 6.45) is 0.491. The molecule has 1 aromatic heterocycles. The Bertz CT molecular complexity index is 1040. The maximum absolute atomic E-state index is 13.3. The third kappa shape index (κ3) is 5.34. The fourth-order valence-electron chi connectivity index (χ4n) is 2.28. The fourth-order valence-corrected chi connectivity index (χ4v) is 3.38. The zero-order valence-corrected chi connectivity index (χ0v) is 15.8. The van der Waals surface area contributed by atoms with Crippen molar-refractivity contribution in [2.24, 2.45) is 7.05 Å². The highest BCUT2D eigenvalue weighted by Gasteiger charge is 2.24. The van der Waals surface area contributed by atoms with Gasteiger partial charge in [-0.15, -0.1) is 0 Å². The second kappa shape index (κ2) is 8.04. The summed E-state index contributed by atoms with van der Waals surface area (Å²) in [4.78, 5) is 12.1. The lowest BCUT2D eigenvalue weighted by atomic mass is 10.2. The Morgan fingerprint density at radius 1 is 1.32 bits per heavy atom. The van der Waals surface area contributed by atoms with E-state index in [-0.39, 0.29) is 21.8 Å². The number of hydrogen-bond donors (Lipinski definition) is 2. The smallest absolute Gasteiger partial charge is 0.272 e. The fraction of sp³-hybridized carbons (Fsp3) is 0.294. The van der Waals surface area contributed by atoms with Gasteiger partial charge in [0.05, 0.1) is 5.56 Å². The number of aromatic nitrogens is 1. The third-order valence-electron chi connectivity index (χ3n) is 3.72. The molecule has 0 aliphatic rings. The van der Waals surface area contributed by atoms with E-state index in [1.54, 1.807) is 6.07 Å².